The smallest absolute Gasteiger partial charge is 0.355 e. The van der Waals surface area contributed by atoms with Crippen molar-refractivity contribution in [3.05, 3.63) is 74.3 Å². The summed E-state index contributed by atoms with van der Waals surface area (Å²) < 4.78 is 1.17. The summed E-state index contributed by atoms with van der Waals surface area (Å²) in [4.78, 5) is 28.2. The first kappa shape index (κ1) is 23.5. The molecule has 5 rings (SSSR count). The van der Waals surface area contributed by atoms with Gasteiger partial charge in [0.05, 0.1) is 21.1 Å². The van der Waals surface area contributed by atoms with Gasteiger partial charge in [-0.25, -0.2) is 14.3 Å². The molecule has 8 nitrogen and oxygen atoms in total. The Kier molecular flexibility index (Phi) is 5.32. The highest BCUT2D eigenvalue weighted by molar-refractivity contribution is 6.37. The van der Waals surface area contributed by atoms with E-state index in [1.165, 1.54) is 21.9 Å². The molecule has 10 heteroatoms. The molecule has 0 unspecified atom stereocenters. The summed E-state index contributed by atoms with van der Waals surface area (Å²) >= 11 is 12.6. The van der Waals surface area contributed by atoms with Crippen LogP contribution in [0.3, 0.4) is 0 Å². The molecule has 3 N–H and O–H groups in total. The van der Waals surface area contributed by atoms with Gasteiger partial charge in [0, 0.05) is 23.0 Å². The predicted molar refractivity (Wildman–Crippen MR) is 141 cm³/mol. The largest absolute Gasteiger partial charge is 0.384 e. The second-order valence-electron chi connectivity index (χ2n) is 9.68. The summed E-state index contributed by atoms with van der Waals surface area (Å²) in [7, 11) is 2.14. The number of rotatable bonds is 3. The van der Waals surface area contributed by atoms with Crippen molar-refractivity contribution in [3.63, 3.8) is 0 Å². The minimum absolute atomic E-state index is 0.0806. The Labute approximate surface area is 212 Å². The van der Waals surface area contributed by atoms with Gasteiger partial charge in [-0.3, -0.25) is 4.90 Å². The molecule has 0 fully saturated rings. The summed E-state index contributed by atoms with van der Waals surface area (Å²) in [5.74, 6) is 0.409. The molecule has 1 aliphatic rings. The average Bonchev–Trinajstić information content (AvgIpc) is 2.92. The van der Waals surface area contributed by atoms with Crippen LogP contribution >= 0.6 is 23.2 Å². The van der Waals surface area contributed by atoms with Crippen LogP contribution in [0.4, 0.5) is 17.5 Å². The minimum atomic E-state index is -0.640. The fourth-order valence-electron chi connectivity index (χ4n) is 4.83. The van der Waals surface area contributed by atoms with E-state index in [9.17, 15) is 4.79 Å². The molecule has 0 radical (unpaired) electrons. The number of halogens is 2. The van der Waals surface area contributed by atoms with E-state index in [2.05, 4.69) is 72.0 Å². The molecule has 0 saturated carbocycles. The van der Waals surface area contributed by atoms with Crippen LogP contribution in [0.25, 0.3) is 16.7 Å². The molecule has 0 atom stereocenters. The third kappa shape index (κ3) is 3.55. The molecule has 0 bridgehead atoms. The third-order valence-electron chi connectivity index (χ3n) is 7.11. The van der Waals surface area contributed by atoms with E-state index in [4.69, 9.17) is 28.9 Å². The van der Waals surface area contributed by atoms with Gasteiger partial charge in [-0.2, -0.15) is 9.97 Å². The lowest BCUT2D eigenvalue weighted by Gasteiger charge is -2.37. The van der Waals surface area contributed by atoms with Crippen molar-refractivity contribution in [3.8, 4) is 5.69 Å². The maximum Gasteiger partial charge on any atom is 0.355 e. The molecule has 2 aromatic carbocycles. The van der Waals surface area contributed by atoms with Gasteiger partial charge in [-0.1, -0.05) is 35.3 Å². The van der Waals surface area contributed by atoms with E-state index in [0.29, 0.717) is 11.3 Å². The van der Waals surface area contributed by atoms with Crippen LogP contribution in [0.2, 0.25) is 10.0 Å². The first-order valence-electron chi connectivity index (χ1n) is 11.1. The molecule has 0 aliphatic carbocycles. The van der Waals surface area contributed by atoms with Crippen LogP contribution in [0.1, 0.15) is 38.8 Å². The number of nitrogens with zero attached hydrogens (tertiary/aromatic N) is 5. The molecule has 3 heterocycles. The highest BCUT2D eigenvalue weighted by atomic mass is 35.5. The maximum absolute atomic E-state index is 12.9. The van der Waals surface area contributed by atoms with Gasteiger partial charge >= 0.3 is 5.69 Å². The second-order valence-corrected chi connectivity index (χ2v) is 10.5. The Balaban J connectivity index is 1.55. The molecule has 180 valence electrons. The molecule has 1 aliphatic heterocycles. The number of para-hydroxylation sites is 1. The number of hydrogen-bond donors (Lipinski definition) is 2. The number of nitrogen functional groups attached to an aromatic ring is 1. The standard InChI is InChI=1S/C25H25Cl2N7O/c1-24(2)15-10-9-13(11-16(15)25(3,4)33(24)5)30-22-29-12-14-20(28)34(23(35)32-21(14)31-22)19-17(26)7-6-8-18(19)27/h6-12H,28H2,1-5H3,(H,30,31,32,35). The van der Waals surface area contributed by atoms with E-state index >= 15 is 0 Å². The van der Waals surface area contributed by atoms with Crippen LogP contribution in [0.5, 0.6) is 0 Å². The van der Waals surface area contributed by atoms with Crippen molar-refractivity contribution in [1.82, 2.24) is 24.4 Å². The maximum atomic E-state index is 12.9. The van der Waals surface area contributed by atoms with Gasteiger partial charge < -0.3 is 11.1 Å². The molecule has 35 heavy (non-hydrogen) atoms. The topological polar surface area (TPSA) is 102 Å². The van der Waals surface area contributed by atoms with Crippen LogP contribution < -0.4 is 16.7 Å². The number of aromatic nitrogens is 4. The van der Waals surface area contributed by atoms with Gasteiger partial charge in [-0.15, -0.1) is 0 Å². The zero-order valence-corrected chi connectivity index (χ0v) is 21.5. The first-order valence-corrected chi connectivity index (χ1v) is 11.8. The lowest BCUT2D eigenvalue weighted by molar-refractivity contribution is 0.0730. The van der Waals surface area contributed by atoms with Crippen molar-refractivity contribution in [2.75, 3.05) is 18.1 Å². The molecule has 0 amide bonds. The molecule has 0 saturated heterocycles. The quantitative estimate of drug-likeness (QED) is 0.390. The Morgan fingerprint density at radius 1 is 0.971 bits per heavy atom. The predicted octanol–water partition coefficient (Wildman–Crippen LogP) is 5.22. The van der Waals surface area contributed by atoms with Crippen molar-refractivity contribution in [2.45, 2.75) is 38.8 Å². The van der Waals surface area contributed by atoms with Gasteiger partial charge in [0.2, 0.25) is 5.95 Å². The molecular formula is C25H25Cl2N7O. The summed E-state index contributed by atoms with van der Waals surface area (Å²) in [5.41, 5.74) is 9.26. The number of anilines is 3. The Morgan fingerprint density at radius 3 is 2.31 bits per heavy atom. The van der Waals surface area contributed by atoms with Gasteiger partial charge in [0.1, 0.15) is 5.82 Å². The van der Waals surface area contributed by atoms with Crippen molar-refractivity contribution in [2.24, 2.45) is 0 Å². The van der Waals surface area contributed by atoms with Crippen molar-refractivity contribution in [1.29, 1.82) is 0 Å². The second kappa shape index (κ2) is 7.91. The fourth-order valence-corrected chi connectivity index (χ4v) is 5.40. The van der Waals surface area contributed by atoms with E-state index in [0.717, 1.165) is 5.69 Å². The molecule has 0 spiro atoms. The fraction of sp³-hybridized carbons (Fsp3) is 0.280. The van der Waals surface area contributed by atoms with Crippen LogP contribution in [0.15, 0.2) is 47.4 Å². The Bertz CT molecular complexity index is 1540. The lowest BCUT2D eigenvalue weighted by atomic mass is 9.90. The molecule has 4 aromatic rings. The Morgan fingerprint density at radius 2 is 1.63 bits per heavy atom. The summed E-state index contributed by atoms with van der Waals surface area (Å²) in [6.07, 6.45) is 1.53. The van der Waals surface area contributed by atoms with Gasteiger partial charge in [0.25, 0.3) is 0 Å². The van der Waals surface area contributed by atoms with E-state index in [-0.39, 0.29) is 38.3 Å². The summed E-state index contributed by atoms with van der Waals surface area (Å²) in [6, 6.07) is 11.2. The number of fused-ring (bicyclic) bond motifs is 2. The monoisotopic (exact) mass is 509 g/mol. The van der Waals surface area contributed by atoms with Crippen LogP contribution in [-0.2, 0) is 11.1 Å². The van der Waals surface area contributed by atoms with Gasteiger partial charge in [-0.05, 0) is 70.1 Å². The SMILES string of the molecule is CN1C(C)(C)c2ccc(Nc3ncc4c(N)n(-c5c(Cl)cccc5Cl)c(=O)nc4n3)cc2C1(C)C. The lowest BCUT2D eigenvalue weighted by Crippen LogP contribution is -2.42. The van der Waals surface area contributed by atoms with Crippen LogP contribution in [0, 0.1) is 0 Å². The number of nitrogens with one attached hydrogen (secondary N) is 1. The van der Waals surface area contributed by atoms with E-state index in [1.807, 2.05) is 6.07 Å². The Hall–Kier alpha value is -3.20. The normalized spacial score (nSPS) is 16.4. The highest BCUT2D eigenvalue weighted by Gasteiger charge is 2.46. The number of nitrogens with two attached hydrogens (primary N) is 1. The minimum Gasteiger partial charge on any atom is -0.384 e. The van der Waals surface area contributed by atoms with Crippen molar-refractivity contribution < 1.29 is 0 Å². The summed E-state index contributed by atoms with van der Waals surface area (Å²) in [5, 5.41) is 4.20. The van der Waals surface area contributed by atoms with Gasteiger partial charge in [0.15, 0.2) is 5.65 Å². The molecular weight excluding hydrogens is 485 g/mol. The van der Waals surface area contributed by atoms with E-state index < -0.39 is 5.69 Å². The van der Waals surface area contributed by atoms with Crippen LogP contribution in [-0.4, -0.2) is 31.5 Å². The molecule has 2 aromatic heterocycles. The zero-order chi connectivity index (χ0) is 25.3. The highest BCUT2D eigenvalue weighted by Crippen LogP contribution is 2.48. The average molecular weight is 510 g/mol. The number of benzene rings is 2. The number of hydrogen-bond acceptors (Lipinski definition) is 7. The first-order chi connectivity index (χ1) is 16.4. The summed E-state index contributed by atoms with van der Waals surface area (Å²) in [6.45, 7) is 8.86. The zero-order valence-electron chi connectivity index (χ0n) is 20.0. The van der Waals surface area contributed by atoms with E-state index in [1.54, 1.807) is 18.2 Å². The third-order valence-corrected chi connectivity index (χ3v) is 7.72. The van der Waals surface area contributed by atoms with Crippen molar-refractivity contribution >= 4 is 51.7 Å².